The molecule has 0 amide bonds. The molecule has 108 valence electrons. The highest BCUT2D eigenvalue weighted by Gasteiger charge is 2.27. The molecule has 3 heteroatoms. The number of halogens is 1. The number of rotatable bonds is 4. The molecule has 0 radical (unpaired) electrons. The zero-order valence-corrected chi connectivity index (χ0v) is 12.0. The SMILES string of the molecule is CCC1CC([C@H](C)NC2C=CC(O)CC2)=CCC1F. The van der Waals surface area contributed by atoms with Crippen molar-refractivity contribution in [1.29, 1.82) is 0 Å². The first-order valence-corrected chi connectivity index (χ1v) is 7.55. The van der Waals surface area contributed by atoms with Gasteiger partial charge in [-0.05, 0) is 38.5 Å². The van der Waals surface area contributed by atoms with E-state index in [0.717, 1.165) is 25.7 Å². The van der Waals surface area contributed by atoms with Gasteiger partial charge < -0.3 is 10.4 Å². The van der Waals surface area contributed by atoms with Gasteiger partial charge in [0.2, 0.25) is 0 Å². The predicted octanol–water partition coefficient (Wildman–Crippen LogP) is 3.13. The van der Waals surface area contributed by atoms with E-state index < -0.39 is 6.17 Å². The monoisotopic (exact) mass is 267 g/mol. The fourth-order valence-corrected chi connectivity index (χ4v) is 3.10. The molecule has 0 saturated carbocycles. The van der Waals surface area contributed by atoms with Crippen molar-refractivity contribution in [2.45, 2.75) is 70.3 Å². The highest BCUT2D eigenvalue weighted by Crippen LogP contribution is 2.31. The maximum Gasteiger partial charge on any atom is 0.107 e. The normalized spacial score (nSPS) is 36.9. The molecule has 0 fully saturated rings. The van der Waals surface area contributed by atoms with Crippen LogP contribution < -0.4 is 5.32 Å². The molecular weight excluding hydrogens is 241 g/mol. The van der Waals surface area contributed by atoms with Crippen molar-refractivity contribution in [3.63, 3.8) is 0 Å². The Bertz CT molecular complexity index is 353. The molecule has 4 unspecified atom stereocenters. The van der Waals surface area contributed by atoms with Crippen LogP contribution in [0.5, 0.6) is 0 Å². The second-order valence-corrected chi connectivity index (χ2v) is 5.93. The van der Waals surface area contributed by atoms with Crippen molar-refractivity contribution in [1.82, 2.24) is 5.32 Å². The summed E-state index contributed by atoms with van der Waals surface area (Å²) in [4.78, 5) is 0. The third-order valence-electron chi connectivity index (χ3n) is 4.50. The minimum atomic E-state index is -0.661. The lowest BCUT2D eigenvalue weighted by Crippen LogP contribution is -2.40. The lowest BCUT2D eigenvalue weighted by molar-refractivity contribution is 0.195. The first-order valence-electron chi connectivity index (χ1n) is 7.55. The van der Waals surface area contributed by atoms with Crippen LogP contribution in [-0.4, -0.2) is 29.5 Å². The van der Waals surface area contributed by atoms with Crippen LogP contribution in [0.15, 0.2) is 23.8 Å². The van der Waals surface area contributed by atoms with Gasteiger partial charge in [0, 0.05) is 12.1 Å². The van der Waals surface area contributed by atoms with E-state index in [1.54, 1.807) is 0 Å². The Labute approximate surface area is 115 Å². The van der Waals surface area contributed by atoms with Gasteiger partial charge in [0.05, 0.1) is 6.10 Å². The Morgan fingerprint density at radius 1 is 1.42 bits per heavy atom. The Kier molecular flexibility index (Phi) is 5.17. The molecule has 2 rings (SSSR count). The van der Waals surface area contributed by atoms with Crippen LogP contribution in [0.3, 0.4) is 0 Å². The maximum absolute atomic E-state index is 13.7. The van der Waals surface area contributed by atoms with E-state index in [9.17, 15) is 9.50 Å². The van der Waals surface area contributed by atoms with E-state index in [1.807, 2.05) is 6.08 Å². The Morgan fingerprint density at radius 3 is 2.84 bits per heavy atom. The molecule has 2 nitrogen and oxygen atoms in total. The van der Waals surface area contributed by atoms with Crippen molar-refractivity contribution in [2.24, 2.45) is 5.92 Å². The molecule has 0 heterocycles. The highest BCUT2D eigenvalue weighted by atomic mass is 19.1. The zero-order valence-electron chi connectivity index (χ0n) is 12.0. The van der Waals surface area contributed by atoms with Crippen LogP contribution in [0.25, 0.3) is 0 Å². The Balaban J connectivity index is 1.89. The molecule has 5 atom stereocenters. The van der Waals surface area contributed by atoms with Crippen molar-refractivity contribution < 1.29 is 9.50 Å². The van der Waals surface area contributed by atoms with Gasteiger partial charge in [-0.15, -0.1) is 0 Å². The number of aliphatic hydroxyl groups excluding tert-OH is 1. The summed E-state index contributed by atoms with van der Waals surface area (Å²) >= 11 is 0. The van der Waals surface area contributed by atoms with Gasteiger partial charge in [0.1, 0.15) is 6.17 Å². The van der Waals surface area contributed by atoms with Crippen LogP contribution in [0, 0.1) is 5.92 Å². The van der Waals surface area contributed by atoms with Crippen molar-refractivity contribution >= 4 is 0 Å². The van der Waals surface area contributed by atoms with E-state index in [1.165, 1.54) is 5.57 Å². The molecule has 2 N–H and O–H groups in total. The average molecular weight is 267 g/mol. The van der Waals surface area contributed by atoms with Crippen molar-refractivity contribution in [3.8, 4) is 0 Å². The fourth-order valence-electron chi connectivity index (χ4n) is 3.10. The summed E-state index contributed by atoms with van der Waals surface area (Å²) in [6.45, 7) is 4.24. The van der Waals surface area contributed by atoms with Crippen molar-refractivity contribution in [3.05, 3.63) is 23.8 Å². The van der Waals surface area contributed by atoms with Crippen LogP contribution >= 0.6 is 0 Å². The van der Waals surface area contributed by atoms with Gasteiger partial charge >= 0.3 is 0 Å². The van der Waals surface area contributed by atoms with Gasteiger partial charge in [-0.3, -0.25) is 0 Å². The molecule has 0 spiro atoms. The number of aliphatic hydroxyl groups is 1. The molecule has 0 bridgehead atoms. The number of alkyl halides is 1. The number of nitrogens with one attached hydrogen (secondary N) is 1. The molecular formula is C16H26FNO. The van der Waals surface area contributed by atoms with Gasteiger partial charge in [-0.1, -0.05) is 37.1 Å². The summed E-state index contributed by atoms with van der Waals surface area (Å²) in [5.74, 6) is 0.188. The predicted molar refractivity (Wildman–Crippen MR) is 76.8 cm³/mol. The van der Waals surface area contributed by atoms with Crippen LogP contribution in [0.4, 0.5) is 4.39 Å². The molecule has 0 aromatic carbocycles. The summed E-state index contributed by atoms with van der Waals surface area (Å²) in [7, 11) is 0. The smallest absolute Gasteiger partial charge is 0.107 e. The number of hydrogen-bond acceptors (Lipinski definition) is 2. The van der Waals surface area contributed by atoms with Crippen LogP contribution in [-0.2, 0) is 0 Å². The second-order valence-electron chi connectivity index (χ2n) is 5.93. The standard InChI is InChI=1S/C16H26FNO/c1-3-12-10-13(4-9-16(12)17)11(2)18-14-5-7-15(19)8-6-14/h4-5,7,11-12,14-16,18-19H,3,6,8-10H2,1-2H3/t11-,12?,14?,15?,16?/m0/s1. The maximum atomic E-state index is 13.7. The van der Waals surface area contributed by atoms with Gasteiger partial charge in [0.25, 0.3) is 0 Å². The zero-order chi connectivity index (χ0) is 13.8. The van der Waals surface area contributed by atoms with Crippen molar-refractivity contribution in [2.75, 3.05) is 0 Å². The van der Waals surface area contributed by atoms with E-state index in [4.69, 9.17) is 0 Å². The van der Waals surface area contributed by atoms with E-state index in [-0.39, 0.29) is 12.0 Å². The lowest BCUT2D eigenvalue weighted by Gasteiger charge is -2.31. The molecule has 19 heavy (non-hydrogen) atoms. The van der Waals surface area contributed by atoms with Gasteiger partial charge in [-0.2, -0.15) is 0 Å². The summed E-state index contributed by atoms with van der Waals surface area (Å²) < 4.78 is 13.7. The minimum Gasteiger partial charge on any atom is -0.389 e. The fraction of sp³-hybridized carbons (Fsp3) is 0.750. The number of hydrogen-bond donors (Lipinski definition) is 2. The first kappa shape index (κ1) is 14.7. The third kappa shape index (κ3) is 3.90. The first-order chi connectivity index (χ1) is 9.10. The Morgan fingerprint density at radius 2 is 2.21 bits per heavy atom. The molecule has 0 saturated heterocycles. The lowest BCUT2D eigenvalue weighted by atomic mass is 9.83. The van der Waals surface area contributed by atoms with Gasteiger partial charge in [-0.25, -0.2) is 4.39 Å². The van der Waals surface area contributed by atoms with Crippen LogP contribution in [0.2, 0.25) is 0 Å². The summed E-state index contributed by atoms with van der Waals surface area (Å²) in [6.07, 6.45) is 9.23. The summed E-state index contributed by atoms with van der Waals surface area (Å²) in [5, 5.41) is 13.0. The topological polar surface area (TPSA) is 32.3 Å². The Hall–Kier alpha value is -0.670. The molecule has 0 aliphatic heterocycles. The summed E-state index contributed by atoms with van der Waals surface area (Å²) in [6, 6.07) is 0.633. The van der Waals surface area contributed by atoms with E-state index >= 15 is 0 Å². The minimum absolute atomic E-state index is 0.188. The average Bonchev–Trinajstić information content (AvgIpc) is 2.42. The summed E-state index contributed by atoms with van der Waals surface area (Å²) in [5.41, 5.74) is 1.35. The third-order valence-corrected chi connectivity index (χ3v) is 4.50. The van der Waals surface area contributed by atoms with E-state index in [2.05, 4.69) is 31.3 Å². The largest absolute Gasteiger partial charge is 0.389 e. The molecule has 0 aromatic rings. The van der Waals surface area contributed by atoms with Crippen LogP contribution in [0.1, 0.15) is 46.0 Å². The molecule has 2 aliphatic carbocycles. The quantitative estimate of drug-likeness (QED) is 0.767. The van der Waals surface area contributed by atoms with E-state index in [0.29, 0.717) is 18.5 Å². The highest BCUT2D eigenvalue weighted by molar-refractivity contribution is 5.16. The molecule has 0 aromatic heterocycles. The second kappa shape index (κ2) is 6.67. The molecule has 2 aliphatic rings. The number of allylic oxidation sites excluding steroid dienone is 1. The van der Waals surface area contributed by atoms with Gasteiger partial charge in [0.15, 0.2) is 0 Å².